The minimum atomic E-state index is -0.278. The molecular formula is C12H14BrNO2. The number of phenols is 1. The van der Waals surface area contributed by atoms with E-state index in [2.05, 4.69) is 27.8 Å². The van der Waals surface area contributed by atoms with E-state index in [0.29, 0.717) is 6.42 Å². The Balaban J connectivity index is 2.76. The number of aromatic hydroxyl groups is 1. The SMILES string of the molecule is C=CCC(C)NC(=O)c1ccc(Br)cc1O. The summed E-state index contributed by atoms with van der Waals surface area (Å²) in [5, 5.41) is 12.4. The molecule has 4 heteroatoms. The van der Waals surface area contributed by atoms with E-state index in [1.165, 1.54) is 6.07 Å². The van der Waals surface area contributed by atoms with Crippen LogP contribution in [0.15, 0.2) is 35.3 Å². The van der Waals surface area contributed by atoms with Gasteiger partial charge in [0.25, 0.3) is 5.91 Å². The molecule has 0 aromatic heterocycles. The molecule has 1 aromatic rings. The van der Waals surface area contributed by atoms with E-state index in [1.54, 1.807) is 18.2 Å². The molecule has 0 fully saturated rings. The van der Waals surface area contributed by atoms with E-state index in [9.17, 15) is 9.90 Å². The Hall–Kier alpha value is -1.29. The van der Waals surface area contributed by atoms with Gasteiger partial charge in [-0.1, -0.05) is 22.0 Å². The van der Waals surface area contributed by atoms with Gasteiger partial charge in [-0.05, 0) is 31.5 Å². The van der Waals surface area contributed by atoms with Gasteiger partial charge in [-0.3, -0.25) is 4.79 Å². The lowest BCUT2D eigenvalue weighted by Gasteiger charge is -2.12. The minimum Gasteiger partial charge on any atom is -0.507 e. The van der Waals surface area contributed by atoms with E-state index in [0.717, 1.165) is 4.47 Å². The van der Waals surface area contributed by atoms with Gasteiger partial charge in [0, 0.05) is 10.5 Å². The lowest BCUT2D eigenvalue weighted by Crippen LogP contribution is -2.32. The fourth-order valence-electron chi connectivity index (χ4n) is 1.31. The molecule has 0 aliphatic carbocycles. The van der Waals surface area contributed by atoms with Crippen molar-refractivity contribution < 1.29 is 9.90 Å². The normalized spacial score (nSPS) is 11.9. The molecular weight excluding hydrogens is 270 g/mol. The third-order valence-corrected chi connectivity index (χ3v) is 2.60. The average Bonchev–Trinajstić information content (AvgIpc) is 2.17. The molecule has 1 amide bonds. The highest BCUT2D eigenvalue weighted by atomic mass is 79.9. The standard InChI is InChI=1S/C12H14BrNO2/c1-3-4-8(2)14-12(16)10-6-5-9(13)7-11(10)15/h3,5-8,15H,1,4H2,2H3,(H,14,16). The average molecular weight is 284 g/mol. The summed E-state index contributed by atoms with van der Waals surface area (Å²) in [6, 6.07) is 4.79. The van der Waals surface area contributed by atoms with Crippen molar-refractivity contribution in [3.8, 4) is 5.75 Å². The molecule has 0 aliphatic rings. The van der Waals surface area contributed by atoms with Crippen molar-refractivity contribution in [1.82, 2.24) is 5.32 Å². The van der Waals surface area contributed by atoms with E-state index in [1.807, 2.05) is 6.92 Å². The maximum atomic E-state index is 11.7. The summed E-state index contributed by atoms with van der Waals surface area (Å²) in [6.45, 7) is 5.49. The van der Waals surface area contributed by atoms with Crippen molar-refractivity contribution in [1.29, 1.82) is 0 Å². The van der Waals surface area contributed by atoms with Crippen molar-refractivity contribution >= 4 is 21.8 Å². The number of nitrogens with one attached hydrogen (secondary N) is 1. The number of amides is 1. The van der Waals surface area contributed by atoms with Gasteiger partial charge in [0.15, 0.2) is 0 Å². The zero-order valence-electron chi connectivity index (χ0n) is 9.03. The lowest BCUT2D eigenvalue weighted by atomic mass is 10.1. The van der Waals surface area contributed by atoms with E-state index < -0.39 is 0 Å². The molecule has 16 heavy (non-hydrogen) atoms. The smallest absolute Gasteiger partial charge is 0.255 e. The fourth-order valence-corrected chi connectivity index (χ4v) is 1.66. The monoisotopic (exact) mass is 283 g/mol. The summed E-state index contributed by atoms with van der Waals surface area (Å²) >= 11 is 3.22. The molecule has 0 saturated heterocycles. The van der Waals surface area contributed by atoms with Crippen LogP contribution in [0, 0.1) is 0 Å². The summed E-state index contributed by atoms with van der Waals surface area (Å²) in [5.41, 5.74) is 0.277. The number of phenolic OH excluding ortho intramolecular Hbond substituents is 1. The van der Waals surface area contributed by atoms with Crippen molar-refractivity contribution in [2.45, 2.75) is 19.4 Å². The van der Waals surface area contributed by atoms with Crippen LogP contribution in [0.2, 0.25) is 0 Å². The Morgan fingerprint density at radius 3 is 2.94 bits per heavy atom. The van der Waals surface area contributed by atoms with Gasteiger partial charge in [-0.25, -0.2) is 0 Å². The van der Waals surface area contributed by atoms with Crippen molar-refractivity contribution in [3.05, 3.63) is 40.9 Å². The molecule has 2 N–H and O–H groups in total. The van der Waals surface area contributed by atoms with Crippen LogP contribution in [0.3, 0.4) is 0 Å². The fraction of sp³-hybridized carbons (Fsp3) is 0.250. The third kappa shape index (κ3) is 3.38. The minimum absolute atomic E-state index is 0.00745. The summed E-state index contributed by atoms with van der Waals surface area (Å²) < 4.78 is 0.737. The first-order chi connectivity index (χ1) is 7.54. The van der Waals surface area contributed by atoms with Crippen LogP contribution < -0.4 is 5.32 Å². The highest BCUT2D eigenvalue weighted by molar-refractivity contribution is 9.10. The Morgan fingerprint density at radius 2 is 2.38 bits per heavy atom. The van der Waals surface area contributed by atoms with Gasteiger partial charge in [0.1, 0.15) is 5.75 Å². The first-order valence-corrected chi connectivity index (χ1v) is 5.74. The molecule has 0 aliphatic heterocycles. The van der Waals surface area contributed by atoms with Crippen molar-refractivity contribution in [2.75, 3.05) is 0 Å². The van der Waals surface area contributed by atoms with Gasteiger partial charge >= 0.3 is 0 Å². The number of hydrogen-bond acceptors (Lipinski definition) is 2. The maximum absolute atomic E-state index is 11.7. The Morgan fingerprint density at radius 1 is 1.69 bits per heavy atom. The van der Waals surface area contributed by atoms with Crippen LogP contribution in [0.25, 0.3) is 0 Å². The van der Waals surface area contributed by atoms with E-state index >= 15 is 0 Å². The second kappa shape index (κ2) is 5.70. The zero-order valence-corrected chi connectivity index (χ0v) is 10.6. The summed E-state index contributed by atoms with van der Waals surface area (Å²) in [4.78, 5) is 11.7. The summed E-state index contributed by atoms with van der Waals surface area (Å²) in [6.07, 6.45) is 2.44. The van der Waals surface area contributed by atoms with E-state index in [4.69, 9.17) is 0 Å². The Kier molecular flexibility index (Phi) is 4.55. The van der Waals surface area contributed by atoms with Gasteiger partial charge in [0.2, 0.25) is 0 Å². The molecule has 1 rings (SSSR count). The van der Waals surface area contributed by atoms with Gasteiger partial charge in [-0.2, -0.15) is 0 Å². The molecule has 0 radical (unpaired) electrons. The molecule has 0 saturated carbocycles. The maximum Gasteiger partial charge on any atom is 0.255 e. The van der Waals surface area contributed by atoms with Crippen LogP contribution in [0.4, 0.5) is 0 Å². The number of benzene rings is 1. The number of rotatable bonds is 4. The molecule has 0 bridgehead atoms. The topological polar surface area (TPSA) is 49.3 Å². The first-order valence-electron chi connectivity index (χ1n) is 4.95. The molecule has 86 valence electrons. The molecule has 1 atom stereocenters. The van der Waals surface area contributed by atoms with Gasteiger partial charge < -0.3 is 10.4 Å². The number of carbonyl (C=O) groups is 1. The Labute approximate surface area is 103 Å². The summed E-state index contributed by atoms with van der Waals surface area (Å²) in [5.74, 6) is -0.308. The van der Waals surface area contributed by atoms with Gasteiger partial charge in [0.05, 0.1) is 5.56 Å². The van der Waals surface area contributed by atoms with Crippen LogP contribution >= 0.6 is 15.9 Å². The predicted octanol–water partition coefficient (Wildman–Crippen LogP) is 2.85. The first kappa shape index (κ1) is 12.8. The number of carbonyl (C=O) groups excluding carboxylic acids is 1. The van der Waals surface area contributed by atoms with Crippen LogP contribution in [0.1, 0.15) is 23.7 Å². The number of hydrogen-bond donors (Lipinski definition) is 2. The second-order valence-electron chi connectivity index (χ2n) is 3.56. The second-order valence-corrected chi connectivity index (χ2v) is 4.48. The highest BCUT2D eigenvalue weighted by Gasteiger charge is 2.12. The lowest BCUT2D eigenvalue weighted by molar-refractivity contribution is 0.0938. The molecule has 0 spiro atoms. The van der Waals surface area contributed by atoms with Crippen molar-refractivity contribution in [3.63, 3.8) is 0 Å². The Bertz CT molecular complexity index is 404. The number of halogens is 1. The van der Waals surface area contributed by atoms with Gasteiger partial charge in [-0.15, -0.1) is 6.58 Å². The van der Waals surface area contributed by atoms with Crippen LogP contribution in [0.5, 0.6) is 5.75 Å². The van der Waals surface area contributed by atoms with E-state index in [-0.39, 0.29) is 23.3 Å². The molecule has 1 unspecified atom stereocenters. The van der Waals surface area contributed by atoms with Crippen LogP contribution in [-0.4, -0.2) is 17.1 Å². The predicted molar refractivity (Wildman–Crippen MR) is 67.5 cm³/mol. The quantitative estimate of drug-likeness (QED) is 0.835. The molecule has 0 heterocycles. The molecule has 1 aromatic carbocycles. The largest absolute Gasteiger partial charge is 0.507 e. The third-order valence-electron chi connectivity index (χ3n) is 2.10. The molecule has 3 nitrogen and oxygen atoms in total. The summed E-state index contributed by atoms with van der Waals surface area (Å²) in [7, 11) is 0. The van der Waals surface area contributed by atoms with Crippen LogP contribution in [-0.2, 0) is 0 Å². The van der Waals surface area contributed by atoms with Crippen molar-refractivity contribution in [2.24, 2.45) is 0 Å². The highest BCUT2D eigenvalue weighted by Crippen LogP contribution is 2.22. The zero-order chi connectivity index (χ0) is 12.1.